The average Bonchev–Trinajstić information content (AvgIpc) is 3.19. The molecule has 2 N–H and O–H groups in total. The van der Waals surface area contributed by atoms with Gasteiger partial charge in [0, 0.05) is 45.0 Å². The van der Waals surface area contributed by atoms with Crippen LogP contribution in [0.5, 0.6) is 0 Å². The molecule has 4 rings (SSSR count). The Kier molecular flexibility index (Phi) is 6.74. The van der Waals surface area contributed by atoms with Crippen LogP contribution in [0, 0.1) is 0 Å². The predicted octanol–water partition coefficient (Wildman–Crippen LogP) is 1.90. The summed E-state index contributed by atoms with van der Waals surface area (Å²) in [5.41, 5.74) is 2.93. The third-order valence-corrected chi connectivity index (χ3v) is 5.39. The van der Waals surface area contributed by atoms with Crippen LogP contribution >= 0.6 is 0 Å². The second kappa shape index (κ2) is 10.0. The molecule has 1 fully saturated rings. The highest BCUT2D eigenvalue weighted by Crippen LogP contribution is 2.10. The lowest BCUT2D eigenvalue weighted by atomic mass is 10.1. The zero-order chi connectivity index (χ0) is 21.5. The number of nitrogens with one attached hydrogen (secondary N) is 2. The highest BCUT2D eigenvalue weighted by Gasteiger charge is 2.30. The van der Waals surface area contributed by atoms with Crippen molar-refractivity contribution in [2.75, 3.05) is 26.2 Å². The zero-order valence-electron chi connectivity index (χ0n) is 17.4. The Bertz CT molecular complexity index is 1030. The van der Waals surface area contributed by atoms with Crippen LogP contribution in [-0.2, 0) is 16.0 Å². The lowest BCUT2D eigenvalue weighted by Gasteiger charge is -2.33. The van der Waals surface area contributed by atoms with Crippen molar-refractivity contribution in [2.45, 2.75) is 18.9 Å². The fourth-order valence-corrected chi connectivity index (χ4v) is 3.78. The van der Waals surface area contributed by atoms with Crippen LogP contribution in [0.4, 0.5) is 0 Å². The number of amides is 2. The minimum Gasteiger partial charge on any atom is -0.356 e. The number of carbonyl (C=O) groups is 2. The normalized spacial score (nSPS) is 17.2. The summed E-state index contributed by atoms with van der Waals surface area (Å²) in [6.45, 7) is 2.44. The van der Waals surface area contributed by atoms with Crippen LogP contribution in [0.25, 0.3) is 11.7 Å². The van der Waals surface area contributed by atoms with Gasteiger partial charge in [0.1, 0.15) is 5.65 Å². The Labute approximate surface area is 181 Å². The van der Waals surface area contributed by atoms with E-state index in [-0.39, 0.29) is 18.2 Å². The molecular weight excluding hydrogens is 390 g/mol. The van der Waals surface area contributed by atoms with Crippen LogP contribution in [0.15, 0.2) is 67.0 Å². The third-order valence-electron chi connectivity index (χ3n) is 5.39. The van der Waals surface area contributed by atoms with Gasteiger partial charge in [-0.05, 0) is 17.7 Å². The van der Waals surface area contributed by atoms with Gasteiger partial charge in [-0.2, -0.15) is 0 Å². The molecule has 0 bridgehead atoms. The van der Waals surface area contributed by atoms with E-state index in [9.17, 15) is 9.59 Å². The Morgan fingerprint density at radius 1 is 1.19 bits per heavy atom. The van der Waals surface area contributed by atoms with Crippen molar-refractivity contribution >= 4 is 23.5 Å². The summed E-state index contributed by atoms with van der Waals surface area (Å²) in [6.07, 6.45) is 8.80. The van der Waals surface area contributed by atoms with Gasteiger partial charge in [0.05, 0.1) is 18.2 Å². The van der Waals surface area contributed by atoms with Gasteiger partial charge in [-0.1, -0.05) is 48.6 Å². The molecule has 7 heteroatoms. The molecule has 1 aliphatic rings. The summed E-state index contributed by atoms with van der Waals surface area (Å²) >= 11 is 0. The summed E-state index contributed by atoms with van der Waals surface area (Å²) < 4.78 is 1.96. The Morgan fingerprint density at radius 3 is 2.87 bits per heavy atom. The highest BCUT2D eigenvalue weighted by molar-refractivity contribution is 5.88. The van der Waals surface area contributed by atoms with Crippen LogP contribution < -0.4 is 10.6 Å². The molecule has 3 aromatic rings. The van der Waals surface area contributed by atoms with Crippen molar-refractivity contribution in [2.24, 2.45) is 0 Å². The molecule has 1 aromatic carbocycles. The molecule has 160 valence electrons. The van der Waals surface area contributed by atoms with Gasteiger partial charge in [0.2, 0.25) is 11.8 Å². The molecule has 2 aromatic heterocycles. The second-order valence-corrected chi connectivity index (χ2v) is 7.62. The first-order valence-electron chi connectivity index (χ1n) is 10.6. The molecule has 1 saturated heterocycles. The van der Waals surface area contributed by atoms with Gasteiger partial charge < -0.3 is 15.0 Å². The molecule has 0 aliphatic carbocycles. The number of piperazine rings is 1. The largest absolute Gasteiger partial charge is 0.356 e. The van der Waals surface area contributed by atoms with Crippen LogP contribution in [-0.4, -0.2) is 58.3 Å². The van der Waals surface area contributed by atoms with Crippen LogP contribution in [0.3, 0.4) is 0 Å². The molecule has 3 heterocycles. The number of carbonyl (C=O) groups excluding carboxylic acids is 2. The van der Waals surface area contributed by atoms with E-state index in [0.717, 1.165) is 23.4 Å². The van der Waals surface area contributed by atoms with Gasteiger partial charge in [-0.15, -0.1) is 0 Å². The minimum absolute atomic E-state index is 0.0881. The van der Waals surface area contributed by atoms with Crippen molar-refractivity contribution in [3.8, 4) is 0 Å². The predicted molar refractivity (Wildman–Crippen MR) is 120 cm³/mol. The lowest BCUT2D eigenvalue weighted by molar-refractivity contribution is -0.133. The molecule has 0 saturated carbocycles. The highest BCUT2D eigenvalue weighted by atomic mass is 16.2. The summed E-state index contributed by atoms with van der Waals surface area (Å²) in [5.74, 6) is -0.210. The molecule has 0 radical (unpaired) electrons. The van der Waals surface area contributed by atoms with E-state index < -0.39 is 6.04 Å². The minimum atomic E-state index is -0.454. The smallest absolute Gasteiger partial charge is 0.237 e. The molecular formula is C24H27N5O2. The number of benzene rings is 1. The number of pyridine rings is 1. The Balaban J connectivity index is 1.28. The first-order chi connectivity index (χ1) is 15.2. The Hall–Kier alpha value is -3.45. The molecule has 0 spiro atoms. The van der Waals surface area contributed by atoms with Gasteiger partial charge in [0.15, 0.2) is 0 Å². The number of aromatic nitrogens is 2. The van der Waals surface area contributed by atoms with E-state index in [1.54, 1.807) is 0 Å². The fraction of sp³-hybridized carbons (Fsp3) is 0.292. The number of nitrogens with zero attached hydrogens (tertiary/aromatic N) is 3. The third kappa shape index (κ3) is 5.58. The van der Waals surface area contributed by atoms with E-state index >= 15 is 0 Å². The van der Waals surface area contributed by atoms with E-state index in [4.69, 9.17) is 0 Å². The molecule has 0 unspecified atom stereocenters. The topological polar surface area (TPSA) is 78.7 Å². The standard InChI is InChI=1S/C24H27N5O2/c30-23(25-12-11-20-18-29-14-5-4-10-22(29)27-20)17-21-24(31)26-13-16-28(21)15-6-9-19-7-2-1-3-8-19/h1-10,14,18,21H,11-13,15-17H2,(H,25,30)(H,26,31)/b9-6+/t21-/m1/s1. The fourth-order valence-electron chi connectivity index (χ4n) is 3.78. The van der Waals surface area contributed by atoms with Gasteiger partial charge in [-0.25, -0.2) is 4.98 Å². The molecule has 7 nitrogen and oxygen atoms in total. The van der Waals surface area contributed by atoms with Crippen molar-refractivity contribution in [3.63, 3.8) is 0 Å². The zero-order valence-corrected chi connectivity index (χ0v) is 17.4. The van der Waals surface area contributed by atoms with Crippen molar-refractivity contribution in [1.82, 2.24) is 24.9 Å². The first-order valence-corrected chi connectivity index (χ1v) is 10.6. The van der Waals surface area contributed by atoms with E-state index in [1.807, 2.05) is 77.5 Å². The van der Waals surface area contributed by atoms with Crippen molar-refractivity contribution in [3.05, 3.63) is 78.3 Å². The van der Waals surface area contributed by atoms with Crippen molar-refractivity contribution in [1.29, 1.82) is 0 Å². The monoisotopic (exact) mass is 417 g/mol. The molecule has 31 heavy (non-hydrogen) atoms. The van der Waals surface area contributed by atoms with E-state index in [1.165, 1.54) is 0 Å². The second-order valence-electron chi connectivity index (χ2n) is 7.62. The van der Waals surface area contributed by atoms with Gasteiger partial charge >= 0.3 is 0 Å². The summed E-state index contributed by atoms with van der Waals surface area (Å²) in [4.78, 5) is 31.5. The summed E-state index contributed by atoms with van der Waals surface area (Å²) in [5, 5.41) is 5.81. The number of hydrogen-bond acceptors (Lipinski definition) is 4. The SMILES string of the molecule is O=C(C[C@@H]1C(=O)NCCN1C/C=C/c1ccccc1)NCCc1cn2ccccc2n1. The molecule has 1 aliphatic heterocycles. The number of hydrogen-bond donors (Lipinski definition) is 2. The number of rotatable bonds is 8. The van der Waals surface area contributed by atoms with E-state index in [0.29, 0.717) is 26.1 Å². The Morgan fingerprint density at radius 2 is 2.03 bits per heavy atom. The van der Waals surface area contributed by atoms with Gasteiger partial charge in [0.25, 0.3) is 0 Å². The van der Waals surface area contributed by atoms with Gasteiger partial charge in [-0.3, -0.25) is 14.5 Å². The molecule has 2 amide bonds. The lowest BCUT2D eigenvalue weighted by Crippen LogP contribution is -2.56. The summed E-state index contributed by atoms with van der Waals surface area (Å²) in [7, 11) is 0. The van der Waals surface area contributed by atoms with Crippen molar-refractivity contribution < 1.29 is 9.59 Å². The summed E-state index contributed by atoms with van der Waals surface area (Å²) in [6, 6.07) is 15.4. The maximum Gasteiger partial charge on any atom is 0.237 e. The van der Waals surface area contributed by atoms with Crippen LogP contribution in [0.1, 0.15) is 17.7 Å². The van der Waals surface area contributed by atoms with E-state index in [2.05, 4.69) is 20.5 Å². The number of fused-ring (bicyclic) bond motifs is 1. The number of imidazole rings is 1. The molecule has 1 atom stereocenters. The maximum atomic E-state index is 12.5. The van der Waals surface area contributed by atoms with Crippen LogP contribution in [0.2, 0.25) is 0 Å². The maximum absolute atomic E-state index is 12.5. The average molecular weight is 418 g/mol. The first kappa shape index (κ1) is 20.8. The quantitative estimate of drug-likeness (QED) is 0.587.